The minimum atomic E-state index is 0.730. The first-order valence-corrected chi connectivity index (χ1v) is 6.34. The molecule has 0 saturated heterocycles. The molecule has 2 aromatic carbocycles. The Hall–Kier alpha value is -1.38. The molecule has 0 spiro atoms. The molecule has 0 aliphatic heterocycles. The van der Waals surface area contributed by atoms with E-state index < -0.39 is 0 Å². The molecule has 3 rings (SSSR count). The lowest BCUT2D eigenvalue weighted by Crippen LogP contribution is -1.90. The molecule has 0 radical (unpaired) electrons. The molecule has 2 nitrogen and oxygen atoms in total. The fourth-order valence-corrected chi connectivity index (χ4v) is 2.36. The number of halogens is 2. The molecule has 4 heteroatoms. The zero-order chi connectivity index (χ0) is 12.9. The maximum Gasteiger partial charge on any atom is 0.0939 e. The molecule has 90 valence electrons. The van der Waals surface area contributed by atoms with E-state index in [0.717, 1.165) is 43.0 Å². The van der Waals surface area contributed by atoms with Gasteiger partial charge in [-0.25, -0.2) is 0 Å². The highest BCUT2D eigenvalue weighted by Crippen LogP contribution is 2.30. The van der Waals surface area contributed by atoms with E-state index in [2.05, 4.69) is 10.2 Å². The van der Waals surface area contributed by atoms with Gasteiger partial charge in [0.1, 0.15) is 0 Å². The fraction of sp³-hybridized carbons (Fsp3) is 0.143. The van der Waals surface area contributed by atoms with Crippen LogP contribution < -0.4 is 0 Å². The van der Waals surface area contributed by atoms with Gasteiger partial charge in [0, 0.05) is 20.8 Å². The van der Waals surface area contributed by atoms with Gasteiger partial charge in [0.15, 0.2) is 0 Å². The summed E-state index contributed by atoms with van der Waals surface area (Å²) in [5.41, 5.74) is 3.67. The number of benzene rings is 2. The number of nitrogens with zero attached hydrogens (tertiary/aromatic N) is 2. The summed E-state index contributed by atoms with van der Waals surface area (Å²) < 4.78 is 0. The Morgan fingerprint density at radius 2 is 1.11 bits per heavy atom. The normalized spacial score (nSPS) is 11.3. The smallest absolute Gasteiger partial charge is 0.0939 e. The largest absolute Gasteiger partial charge is 0.150 e. The lowest BCUT2D eigenvalue weighted by molar-refractivity contribution is 1.12. The lowest BCUT2D eigenvalue weighted by atomic mass is 10.1. The van der Waals surface area contributed by atoms with Gasteiger partial charge >= 0.3 is 0 Å². The predicted molar refractivity (Wildman–Crippen MR) is 76.5 cm³/mol. The molecule has 18 heavy (non-hydrogen) atoms. The van der Waals surface area contributed by atoms with E-state index in [1.807, 2.05) is 38.1 Å². The van der Waals surface area contributed by atoms with Gasteiger partial charge in [-0.2, -0.15) is 0 Å². The van der Waals surface area contributed by atoms with Crippen molar-refractivity contribution in [1.29, 1.82) is 0 Å². The third kappa shape index (κ3) is 1.73. The van der Waals surface area contributed by atoms with Gasteiger partial charge in [-0.05, 0) is 49.2 Å². The zero-order valence-corrected chi connectivity index (χ0v) is 11.5. The second-order valence-electron chi connectivity index (χ2n) is 4.44. The molecule has 0 amide bonds. The first-order valence-electron chi connectivity index (χ1n) is 5.58. The third-order valence-electron chi connectivity index (χ3n) is 3.11. The molecule has 3 aromatic rings. The van der Waals surface area contributed by atoms with Gasteiger partial charge in [0.2, 0.25) is 0 Å². The summed E-state index contributed by atoms with van der Waals surface area (Å²) in [6, 6.07) is 7.74. The van der Waals surface area contributed by atoms with E-state index in [-0.39, 0.29) is 0 Å². The second-order valence-corrected chi connectivity index (χ2v) is 5.25. The van der Waals surface area contributed by atoms with Crippen molar-refractivity contribution in [3.63, 3.8) is 0 Å². The zero-order valence-electron chi connectivity index (χ0n) is 9.96. The molecule has 1 aromatic heterocycles. The maximum absolute atomic E-state index is 6.18. The number of aryl methyl sites for hydroxylation is 2. The van der Waals surface area contributed by atoms with E-state index in [1.165, 1.54) is 0 Å². The summed E-state index contributed by atoms with van der Waals surface area (Å²) in [6.45, 7) is 3.91. The molecular weight excluding hydrogens is 267 g/mol. The van der Waals surface area contributed by atoms with Crippen molar-refractivity contribution in [2.75, 3.05) is 0 Å². The minimum Gasteiger partial charge on any atom is -0.150 e. The molecule has 0 aliphatic rings. The second kappa shape index (κ2) is 4.08. The Morgan fingerprint density at radius 3 is 1.50 bits per heavy atom. The lowest BCUT2D eigenvalue weighted by Gasteiger charge is -2.06. The van der Waals surface area contributed by atoms with Gasteiger partial charge in [0.05, 0.1) is 11.0 Å². The van der Waals surface area contributed by atoms with E-state index in [1.54, 1.807) is 0 Å². The van der Waals surface area contributed by atoms with Crippen LogP contribution in [0.15, 0.2) is 24.3 Å². The van der Waals surface area contributed by atoms with Crippen molar-refractivity contribution < 1.29 is 0 Å². The van der Waals surface area contributed by atoms with E-state index in [0.29, 0.717) is 0 Å². The van der Waals surface area contributed by atoms with E-state index >= 15 is 0 Å². The Morgan fingerprint density at radius 1 is 0.722 bits per heavy atom. The van der Waals surface area contributed by atoms with Crippen LogP contribution in [0.5, 0.6) is 0 Å². The van der Waals surface area contributed by atoms with Crippen LogP contribution in [0.3, 0.4) is 0 Å². The van der Waals surface area contributed by atoms with Gasteiger partial charge < -0.3 is 0 Å². The summed E-state index contributed by atoms with van der Waals surface area (Å²) in [5.74, 6) is 0. The van der Waals surface area contributed by atoms with E-state index in [4.69, 9.17) is 23.2 Å². The molecule has 0 aliphatic carbocycles. The average molecular weight is 277 g/mol. The van der Waals surface area contributed by atoms with Gasteiger partial charge in [-0.15, -0.1) is 10.2 Å². The highest BCUT2D eigenvalue weighted by molar-refractivity contribution is 6.33. The maximum atomic E-state index is 6.18. The highest BCUT2D eigenvalue weighted by Gasteiger charge is 2.08. The van der Waals surface area contributed by atoms with Crippen LogP contribution in [-0.2, 0) is 0 Å². The Labute approximate surface area is 115 Å². The Bertz CT molecular complexity index is 715. The minimum absolute atomic E-state index is 0.730. The SMILES string of the molecule is Cc1cc2nnc3cc(C)c(Cl)cc3c2cc1Cl. The predicted octanol–water partition coefficient (Wildman–Crippen LogP) is 4.71. The van der Waals surface area contributed by atoms with Gasteiger partial charge in [-0.3, -0.25) is 0 Å². The average Bonchev–Trinajstić information content (AvgIpc) is 2.33. The van der Waals surface area contributed by atoms with Crippen molar-refractivity contribution in [3.8, 4) is 0 Å². The van der Waals surface area contributed by atoms with Crippen molar-refractivity contribution in [2.24, 2.45) is 0 Å². The number of aromatic nitrogens is 2. The van der Waals surface area contributed by atoms with Gasteiger partial charge in [0.25, 0.3) is 0 Å². The molecule has 0 unspecified atom stereocenters. The summed E-state index contributed by atoms with van der Waals surface area (Å²) in [6.07, 6.45) is 0. The summed E-state index contributed by atoms with van der Waals surface area (Å²) >= 11 is 12.4. The summed E-state index contributed by atoms with van der Waals surface area (Å²) in [5, 5.41) is 11.9. The van der Waals surface area contributed by atoms with E-state index in [9.17, 15) is 0 Å². The molecule has 1 heterocycles. The molecule has 0 saturated carbocycles. The molecule has 0 fully saturated rings. The quantitative estimate of drug-likeness (QED) is 0.556. The van der Waals surface area contributed by atoms with Crippen LogP contribution in [0, 0.1) is 13.8 Å². The van der Waals surface area contributed by atoms with Crippen LogP contribution in [0.1, 0.15) is 11.1 Å². The van der Waals surface area contributed by atoms with Crippen LogP contribution in [0.4, 0.5) is 0 Å². The molecule has 0 N–H and O–H groups in total. The Balaban J connectivity index is 2.52. The summed E-state index contributed by atoms with van der Waals surface area (Å²) in [4.78, 5) is 0. The van der Waals surface area contributed by atoms with Crippen LogP contribution in [0.2, 0.25) is 10.0 Å². The number of hydrogen-bond acceptors (Lipinski definition) is 2. The van der Waals surface area contributed by atoms with Crippen LogP contribution in [0.25, 0.3) is 21.8 Å². The number of hydrogen-bond donors (Lipinski definition) is 0. The number of rotatable bonds is 0. The van der Waals surface area contributed by atoms with Crippen molar-refractivity contribution in [3.05, 3.63) is 45.4 Å². The topological polar surface area (TPSA) is 25.8 Å². The van der Waals surface area contributed by atoms with Crippen molar-refractivity contribution >= 4 is 45.0 Å². The van der Waals surface area contributed by atoms with Gasteiger partial charge in [-0.1, -0.05) is 23.2 Å². The fourth-order valence-electron chi connectivity index (χ4n) is 2.04. The molecular formula is C14H10Cl2N2. The van der Waals surface area contributed by atoms with Crippen LogP contribution >= 0.6 is 23.2 Å². The van der Waals surface area contributed by atoms with Crippen molar-refractivity contribution in [2.45, 2.75) is 13.8 Å². The first-order chi connectivity index (χ1) is 8.56. The Kier molecular flexibility index (Phi) is 2.65. The van der Waals surface area contributed by atoms with Crippen LogP contribution in [-0.4, -0.2) is 10.2 Å². The molecule has 0 bridgehead atoms. The third-order valence-corrected chi connectivity index (χ3v) is 3.92. The number of fused-ring (bicyclic) bond motifs is 3. The highest BCUT2D eigenvalue weighted by atomic mass is 35.5. The van der Waals surface area contributed by atoms with Crippen molar-refractivity contribution in [1.82, 2.24) is 10.2 Å². The summed E-state index contributed by atoms with van der Waals surface area (Å²) in [7, 11) is 0. The standard InChI is InChI=1S/C14H10Cl2N2/c1-7-3-13-9(5-11(7)15)10-6-12(16)8(2)4-14(10)18-17-13/h3-6H,1-2H3. The monoisotopic (exact) mass is 276 g/mol. The molecule has 0 atom stereocenters. The first kappa shape index (κ1) is 11.7.